The fourth-order valence-corrected chi connectivity index (χ4v) is 1.38. The van der Waals surface area contributed by atoms with E-state index in [0.29, 0.717) is 0 Å². The number of carbonyl (C=O) groups excluding carboxylic acids is 1. The lowest BCUT2D eigenvalue weighted by Gasteiger charge is -2.11. The van der Waals surface area contributed by atoms with Crippen molar-refractivity contribution in [1.82, 2.24) is 5.32 Å². The Kier molecular flexibility index (Phi) is 5.43. The van der Waals surface area contributed by atoms with Gasteiger partial charge in [-0.25, -0.2) is 0 Å². The van der Waals surface area contributed by atoms with E-state index in [4.69, 9.17) is 5.11 Å². The Hall–Kier alpha value is -1.61. The van der Waals surface area contributed by atoms with Crippen molar-refractivity contribution in [3.8, 4) is 0 Å². The number of amides is 1. The first kappa shape index (κ1) is 13.5. The smallest absolute Gasteiger partial charge is 0.244 e. The van der Waals surface area contributed by atoms with Crippen LogP contribution in [0.4, 0.5) is 0 Å². The van der Waals surface area contributed by atoms with Crippen molar-refractivity contribution in [3.05, 3.63) is 41.5 Å². The summed E-state index contributed by atoms with van der Waals surface area (Å²) in [6.07, 6.45) is 3.97. The lowest BCUT2D eigenvalue weighted by molar-refractivity contribution is -0.117. The average molecular weight is 233 g/mol. The molecule has 17 heavy (non-hydrogen) atoms. The summed E-state index contributed by atoms with van der Waals surface area (Å²) in [5, 5.41) is 11.7. The lowest BCUT2D eigenvalue weighted by atomic mass is 10.1. The number of carbonyl (C=O) groups is 1. The molecule has 1 rings (SSSR count). The van der Waals surface area contributed by atoms with Gasteiger partial charge in [0.1, 0.15) is 0 Å². The first-order valence-corrected chi connectivity index (χ1v) is 5.81. The van der Waals surface area contributed by atoms with E-state index in [1.165, 1.54) is 11.6 Å². The summed E-state index contributed by atoms with van der Waals surface area (Å²) >= 11 is 0. The largest absolute Gasteiger partial charge is 0.394 e. The Morgan fingerprint density at radius 3 is 2.59 bits per heavy atom. The maximum Gasteiger partial charge on any atom is 0.244 e. The molecular weight excluding hydrogens is 214 g/mol. The Morgan fingerprint density at radius 1 is 1.41 bits per heavy atom. The van der Waals surface area contributed by atoms with Gasteiger partial charge in [-0.2, -0.15) is 0 Å². The Labute approximate surface area is 102 Å². The molecule has 0 aliphatic rings. The molecule has 0 spiro atoms. The summed E-state index contributed by atoms with van der Waals surface area (Å²) in [5.41, 5.74) is 2.18. The molecule has 0 aliphatic heterocycles. The van der Waals surface area contributed by atoms with Crippen LogP contribution in [0.3, 0.4) is 0 Å². The van der Waals surface area contributed by atoms with Crippen LogP contribution in [0.25, 0.3) is 6.08 Å². The van der Waals surface area contributed by atoms with E-state index < -0.39 is 0 Å². The molecule has 0 aliphatic carbocycles. The second-order valence-corrected chi connectivity index (χ2v) is 4.04. The van der Waals surface area contributed by atoms with Gasteiger partial charge in [0.05, 0.1) is 12.6 Å². The Balaban J connectivity index is 2.53. The van der Waals surface area contributed by atoms with Gasteiger partial charge in [0.15, 0.2) is 0 Å². The standard InChI is InChI=1S/C14H19NO2/c1-3-13(10-16)15-14(17)9-8-12-6-4-11(2)5-7-12/h4-9,13,16H,3,10H2,1-2H3,(H,15,17)/b9-8+/t13-/m1/s1. The van der Waals surface area contributed by atoms with Gasteiger partial charge >= 0.3 is 0 Å². The number of aliphatic hydroxyl groups is 1. The molecule has 0 saturated carbocycles. The van der Waals surface area contributed by atoms with Crippen LogP contribution in [-0.2, 0) is 4.79 Å². The Bertz CT molecular complexity index is 378. The first-order valence-electron chi connectivity index (χ1n) is 5.81. The molecule has 3 heteroatoms. The number of aryl methyl sites for hydroxylation is 1. The summed E-state index contributed by atoms with van der Waals surface area (Å²) in [7, 11) is 0. The Morgan fingerprint density at radius 2 is 2.06 bits per heavy atom. The molecule has 0 saturated heterocycles. The highest BCUT2D eigenvalue weighted by Gasteiger charge is 2.05. The number of benzene rings is 1. The molecule has 1 aromatic carbocycles. The van der Waals surface area contributed by atoms with Crippen molar-refractivity contribution < 1.29 is 9.90 Å². The zero-order valence-electron chi connectivity index (χ0n) is 10.3. The predicted molar refractivity (Wildman–Crippen MR) is 69.5 cm³/mol. The molecule has 92 valence electrons. The summed E-state index contributed by atoms with van der Waals surface area (Å²) in [5.74, 6) is -0.175. The van der Waals surface area contributed by atoms with E-state index >= 15 is 0 Å². The third-order valence-electron chi connectivity index (χ3n) is 2.56. The van der Waals surface area contributed by atoms with Crippen molar-refractivity contribution in [3.63, 3.8) is 0 Å². The van der Waals surface area contributed by atoms with Crippen LogP contribution in [0.2, 0.25) is 0 Å². The summed E-state index contributed by atoms with van der Waals surface area (Å²) in [6.45, 7) is 3.92. The fourth-order valence-electron chi connectivity index (χ4n) is 1.38. The van der Waals surface area contributed by atoms with Gasteiger partial charge in [0.25, 0.3) is 0 Å². The molecule has 1 aromatic rings. The highest BCUT2D eigenvalue weighted by molar-refractivity contribution is 5.91. The van der Waals surface area contributed by atoms with Crippen LogP contribution < -0.4 is 5.32 Å². The molecule has 0 unspecified atom stereocenters. The van der Waals surface area contributed by atoms with E-state index in [0.717, 1.165) is 12.0 Å². The molecule has 3 nitrogen and oxygen atoms in total. The summed E-state index contributed by atoms with van der Waals surface area (Å²) < 4.78 is 0. The number of hydrogen-bond acceptors (Lipinski definition) is 2. The van der Waals surface area contributed by atoms with Gasteiger partial charge < -0.3 is 10.4 Å². The van der Waals surface area contributed by atoms with Crippen LogP contribution in [0.5, 0.6) is 0 Å². The zero-order valence-corrected chi connectivity index (χ0v) is 10.3. The third kappa shape index (κ3) is 4.83. The monoisotopic (exact) mass is 233 g/mol. The number of aliphatic hydroxyl groups excluding tert-OH is 1. The van der Waals surface area contributed by atoms with E-state index in [9.17, 15) is 4.79 Å². The van der Waals surface area contributed by atoms with Gasteiger partial charge in [-0.05, 0) is 25.0 Å². The van der Waals surface area contributed by atoms with Crippen molar-refractivity contribution in [2.45, 2.75) is 26.3 Å². The van der Waals surface area contributed by atoms with Gasteiger partial charge in [0, 0.05) is 6.08 Å². The maximum absolute atomic E-state index is 11.5. The molecule has 0 bridgehead atoms. The highest BCUT2D eigenvalue weighted by Crippen LogP contribution is 2.04. The highest BCUT2D eigenvalue weighted by atomic mass is 16.3. The number of hydrogen-bond donors (Lipinski definition) is 2. The number of rotatable bonds is 5. The zero-order chi connectivity index (χ0) is 12.7. The van der Waals surface area contributed by atoms with E-state index in [2.05, 4.69) is 5.32 Å². The topological polar surface area (TPSA) is 49.3 Å². The maximum atomic E-state index is 11.5. The van der Waals surface area contributed by atoms with E-state index in [1.807, 2.05) is 38.1 Å². The minimum absolute atomic E-state index is 0.0272. The lowest BCUT2D eigenvalue weighted by Crippen LogP contribution is -2.35. The molecule has 0 fully saturated rings. The van der Waals surface area contributed by atoms with Gasteiger partial charge in [0.2, 0.25) is 5.91 Å². The molecular formula is C14H19NO2. The predicted octanol–water partition coefficient (Wildman–Crippen LogP) is 1.90. The molecule has 1 atom stereocenters. The second-order valence-electron chi connectivity index (χ2n) is 4.04. The van der Waals surface area contributed by atoms with Crippen LogP contribution in [-0.4, -0.2) is 23.7 Å². The normalized spacial score (nSPS) is 12.6. The van der Waals surface area contributed by atoms with E-state index in [1.54, 1.807) is 6.08 Å². The van der Waals surface area contributed by atoms with Crippen LogP contribution >= 0.6 is 0 Å². The minimum Gasteiger partial charge on any atom is -0.394 e. The second kappa shape index (κ2) is 6.86. The third-order valence-corrected chi connectivity index (χ3v) is 2.56. The summed E-state index contributed by atoms with van der Waals surface area (Å²) in [4.78, 5) is 11.5. The average Bonchev–Trinajstić information content (AvgIpc) is 2.35. The van der Waals surface area contributed by atoms with Crippen molar-refractivity contribution in [1.29, 1.82) is 0 Å². The van der Waals surface area contributed by atoms with E-state index in [-0.39, 0.29) is 18.6 Å². The molecule has 0 radical (unpaired) electrons. The van der Waals surface area contributed by atoms with Gasteiger partial charge in [-0.1, -0.05) is 36.8 Å². The van der Waals surface area contributed by atoms with Gasteiger partial charge in [-0.3, -0.25) is 4.79 Å². The molecule has 0 aromatic heterocycles. The first-order chi connectivity index (χ1) is 8.15. The summed E-state index contributed by atoms with van der Waals surface area (Å²) in [6, 6.07) is 7.76. The van der Waals surface area contributed by atoms with Crippen molar-refractivity contribution >= 4 is 12.0 Å². The molecule has 2 N–H and O–H groups in total. The fraction of sp³-hybridized carbons (Fsp3) is 0.357. The van der Waals surface area contributed by atoms with Gasteiger partial charge in [-0.15, -0.1) is 0 Å². The molecule has 0 heterocycles. The van der Waals surface area contributed by atoms with Crippen LogP contribution in [0.1, 0.15) is 24.5 Å². The molecule has 1 amide bonds. The van der Waals surface area contributed by atoms with Crippen LogP contribution in [0, 0.1) is 6.92 Å². The quantitative estimate of drug-likeness (QED) is 0.763. The minimum atomic E-state index is -0.175. The van der Waals surface area contributed by atoms with Crippen molar-refractivity contribution in [2.75, 3.05) is 6.61 Å². The number of nitrogens with one attached hydrogen (secondary N) is 1. The van der Waals surface area contributed by atoms with Crippen LogP contribution in [0.15, 0.2) is 30.3 Å². The van der Waals surface area contributed by atoms with Crippen molar-refractivity contribution in [2.24, 2.45) is 0 Å². The SMILES string of the molecule is CC[C@H](CO)NC(=O)/C=C/c1ccc(C)cc1.